The highest BCUT2D eigenvalue weighted by Gasteiger charge is 2.42. The minimum Gasteiger partial charge on any atom is -0.461 e. The van der Waals surface area contributed by atoms with Crippen molar-refractivity contribution < 1.29 is 38.1 Å². The van der Waals surface area contributed by atoms with Crippen LogP contribution in [0.4, 0.5) is 9.59 Å². The molecule has 10 nitrogen and oxygen atoms in total. The highest BCUT2D eigenvalue weighted by Crippen LogP contribution is 2.45. The fourth-order valence-corrected chi connectivity index (χ4v) is 4.38. The second-order valence-electron chi connectivity index (χ2n) is 10.1. The highest BCUT2D eigenvalue weighted by atomic mass is 16.6. The molecule has 0 aromatic carbocycles. The first-order valence-electron chi connectivity index (χ1n) is 11.6. The molecule has 0 aliphatic heterocycles. The van der Waals surface area contributed by atoms with Gasteiger partial charge in [0.25, 0.3) is 0 Å². The molecule has 3 atom stereocenters. The molecule has 0 aromatic heterocycles. The SMILES string of the molecule is C=CC(=O)OCC(COC(=O)C(C)C)OC(=O)NCC1(C)CC(NC(=O)OCC)CC(C)(C)C1. The summed E-state index contributed by atoms with van der Waals surface area (Å²) in [6.07, 6.45) is 1.12. The number of ether oxygens (including phenoxy) is 4. The predicted molar refractivity (Wildman–Crippen MR) is 125 cm³/mol. The van der Waals surface area contributed by atoms with Gasteiger partial charge in [-0.15, -0.1) is 0 Å². The van der Waals surface area contributed by atoms with Gasteiger partial charge in [0, 0.05) is 18.7 Å². The number of carbonyl (C=O) groups excluding carboxylic acids is 4. The Hall–Kier alpha value is -2.78. The van der Waals surface area contributed by atoms with Gasteiger partial charge in [0.05, 0.1) is 12.5 Å². The number of rotatable bonds is 11. The van der Waals surface area contributed by atoms with Crippen LogP contribution in [0.15, 0.2) is 12.7 Å². The van der Waals surface area contributed by atoms with E-state index in [9.17, 15) is 19.2 Å². The summed E-state index contributed by atoms with van der Waals surface area (Å²) in [4.78, 5) is 47.6. The first-order valence-corrected chi connectivity index (χ1v) is 11.6. The quantitative estimate of drug-likeness (QED) is 0.259. The lowest BCUT2D eigenvalue weighted by atomic mass is 9.62. The average Bonchev–Trinajstić information content (AvgIpc) is 2.72. The summed E-state index contributed by atoms with van der Waals surface area (Å²) in [6, 6.07) is -0.0906. The van der Waals surface area contributed by atoms with Gasteiger partial charge in [0.1, 0.15) is 13.2 Å². The Bertz CT molecular complexity index is 736. The van der Waals surface area contributed by atoms with Gasteiger partial charge in [-0.05, 0) is 37.0 Å². The molecule has 1 aliphatic rings. The summed E-state index contributed by atoms with van der Waals surface area (Å²) in [7, 11) is 0. The molecule has 194 valence electrons. The number of carbonyl (C=O) groups is 4. The second-order valence-corrected chi connectivity index (χ2v) is 10.1. The molecule has 1 saturated carbocycles. The largest absolute Gasteiger partial charge is 0.461 e. The first-order chi connectivity index (χ1) is 15.8. The molecule has 1 rings (SSSR count). The van der Waals surface area contributed by atoms with Gasteiger partial charge >= 0.3 is 24.1 Å². The summed E-state index contributed by atoms with van der Waals surface area (Å²) >= 11 is 0. The maximum Gasteiger partial charge on any atom is 0.407 e. The van der Waals surface area contributed by atoms with E-state index in [1.54, 1.807) is 20.8 Å². The number of hydrogen-bond donors (Lipinski definition) is 2. The predicted octanol–water partition coefficient (Wildman–Crippen LogP) is 3.34. The lowest BCUT2D eigenvalue weighted by Crippen LogP contribution is -2.50. The van der Waals surface area contributed by atoms with Crippen molar-refractivity contribution in [2.75, 3.05) is 26.4 Å². The van der Waals surface area contributed by atoms with E-state index >= 15 is 0 Å². The molecule has 0 aromatic rings. The van der Waals surface area contributed by atoms with Crippen LogP contribution in [-0.4, -0.2) is 62.6 Å². The lowest BCUT2D eigenvalue weighted by molar-refractivity contribution is -0.153. The van der Waals surface area contributed by atoms with E-state index in [4.69, 9.17) is 18.9 Å². The standard InChI is InChI=1S/C24H40N2O8/c1-8-19(27)32-12-18(13-33-20(28)16(3)4)34-21(29)25-15-24(7)11-17(10-23(5,6)14-24)26-22(30)31-9-2/h8,16-18H,1,9-15H2,2-7H3,(H,25,29)(H,26,30). The van der Waals surface area contributed by atoms with Crippen LogP contribution in [0.5, 0.6) is 0 Å². The zero-order valence-corrected chi connectivity index (χ0v) is 21.2. The van der Waals surface area contributed by atoms with Crippen molar-refractivity contribution >= 4 is 24.1 Å². The van der Waals surface area contributed by atoms with Crippen molar-refractivity contribution in [3.8, 4) is 0 Å². The first kappa shape index (κ1) is 29.3. The highest BCUT2D eigenvalue weighted by molar-refractivity contribution is 5.81. The second kappa shape index (κ2) is 13.2. The fourth-order valence-electron chi connectivity index (χ4n) is 4.38. The Balaban J connectivity index is 2.72. The molecule has 1 fully saturated rings. The van der Waals surface area contributed by atoms with Gasteiger partial charge in [-0.3, -0.25) is 4.79 Å². The molecule has 2 amide bonds. The molecule has 0 bridgehead atoms. The summed E-state index contributed by atoms with van der Waals surface area (Å²) in [5.74, 6) is -1.49. The van der Waals surface area contributed by atoms with Crippen LogP contribution in [0.25, 0.3) is 0 Å². The van der Waals surface area contributed by atoms with Crippen molar-refractivity contribution in [2.45, 2.75) is 73.0 Å². The Kier molecular flexibility index (Phi) is 11.4. The normalized spacial score (nSPS) is 22.1. The minimum absolute atomic E-state index is 0.0603. The zero-order chi connectivity index (χ0) is 25.9. The van der Waals surface area contributed by atoms with E-state index in [0.717, 1.165) is 18.9 Å². The Morgan fingerprint density at radius 2 is 1.68 bits per heavy atom. The Morgan fingerprint density at radius 1 is 1.03 bits per heavy atom. The number of hydrogen-bond acceptors (Lipinski definition) is 8. The molecule has 10 heteroatoms. The van der Waals surface area contributed by atoms with Gasteiger partial charge in [-0.25, -0.2) is 14.4 Å². The van der Waals surface area contributed by atoms with E-state index in [1.807, 2.05) is 6.92 Å². The van der Waals surface area contributed by atoms with Crippen LogP contribution >= 0.6 is 0 Å². The van der Waals surface area contributed by atoms with Crippen LogP contribution in [0.1, 0.15) is 60.8 Å². The van der Waals surface area contributed by atoms with Crippen LogP contribution in [-0.2, 0) is 28.5 Å². The molecule has 3 unspecified atom stereocenters. The van der Waals surface area contributed by atoms with Gasteiger partial charge in [-0.1, -0.05) is 41.2 Å². The number of esters is 2. The number of amides is 2. The maximum absolute atomic E-state index is 12.5. The monoisotopic (exact) mass is 484 g/mol. The van der Waals surface area contributed by atoms with Gasteiger partial charge in [0.2, 0.25) is 0 Å². The van der Waals surface area contributed by atoms with E-state index < -0.39 is 30.2 Å². The molecule has 0 heterocycles. The molecular formula is C24H40N2O8. The molecular weight excluding hydrogens is 444 g/mol. The fraction of sp³-hybridized carbons (Fsp3) is 0.750. The molecule has 0 radical (unpaired) electrons. The van der Waals surface area contributed by atoms with Crippen LogP contribution in [0.3, 0.4) is 0 Å². The maximum atomic E-state index is 12.5. The van der Waals surface area contributed by atoms with E-state index in [2.05, 4.69) is 31.1 Å². The van der Waals surface area contributed by atoms with Crippen molar-refractivity contribution in [1.82, 2.24) is 10.6 Å². The van der Waals surface area contributed by atoms with Crippen molar-refractivity contribution in [3.63, 3.8) is 0 Å². The molecule has 2 N–H and O–H groups in total. The topological polar surface area (TPSA) is 129 Å². The molecule has 34 heavy (non-hydrogen) atoms. The number of alkyl carbamates (subject to hydrolysis) is 2. The smallest absolute Gasteiger partial charge is 0.407 e. The van der Waals surface area contributed by atoms with Crippen molar-refractivity contribution in [3.05, 3.63) is 12.7 Å². The van der Waals surface area contributed by atoms with Crippen molar-refractivity contribution in [1.29, 1.82) is 0 Å². The van der Waals surface area contributed by atoms with Crippen LogP contribution < -0.4 is 10.6 Å². The summed E-state index contributed by atoms with van der Waals surface area (Å²) in [6.45, 7) is 14.8. The minimum atomic E-state index is -0.972. The van der Waals surface area contributed by atoms with E-state index in [-0.39, 0.29) is 36.0 Å². The Labute approximate surface area is 202 Å². The van der Waals surface area contributed by atoms with E-state index in [0.29, 0.717) is 19.6 Å². The molecule has 1 aliphatic carbocycles. The van der Waals surface area contributed by atoms with Gasteiger partial charge in [-0.2, -0.15) is 0 Å². The van der Waals surface area contributed by atoms with Crippen LogP contribution in [0.2, 0.25) is 0 Å². The van der Waals surface area contributed by atoms with Gasteiger partial charge < -0.3 is 29.6 Å². The summed E-state index contributed by atoms with van der Waals surface area (Å²) in [5, 5.41) is 5.68. The molecule has 0 saturated heterocycles. The molecule has 0 spiro atoms. The van der Waals surface area contributed by atoms with E-state index in [1.165, 1.54) is 0 Å². The third kappa shape index (κ3) is 10.9. The van der Waals surface area contributed by atoms with Crippen molar-refractivity contribution in [2.24, 2.45) is 16.7 Å². The van der Waals surface area contributed by atoms with Crippen LogP contribution in [0, 0.1) is 16.7 Å². The number of nitrogens with one attached hydrogen (secondary N) is 2. The third-order valence-corrected chi connectivity index (χ3v) is 5.44. The summed E-state index contributed by atoms with van der Waals surface area (Å²) in [5.41, 5.74) is -0.366. The average molecular weight is 485 g/mol. The zero-order valence-electron chi connectivity index (χ0n) is 21.2. The lowest BCUT2D eigenvalue weighted by Gasteiger charge is -2.46. The summed E-state index contributed by atoms with van der Waals surface area (Å²) < 4.78 is 20.5. The van der Waals surface area contributed by atoms with Gasteiger partial charge in [0.15, 0.2) is 6.10 Å². The third-order valence-electron chi connectivity index (χ3n) is 5.44. The Morgan fingerprint density at radius 3 is 2.26 bits per heavy atom.